The van der Waals surface area contributed by atoms with Crippen molar-refractivity contribution in [1.29, 1.82) is 0 Å². The van der Waals surface area contributed by atoms with E-state index >= 15 is 0 Å². The summed E-state index contributed by atoms with van der Waals surface area (Å²) in [6, 6.07) is -0.749. The molecule has 0 aliphatic heterocycles. The van der Waals surface area contributed by atoms with Gasteiger partial charge in [-0.2, -0.15) is 0 Å². The van der Waals surface area contributed by atoms with Gasteiger partial charge in [-0.15, -0.1) is 0 Å². The minimum Gasteiger partial charge on any atom is -0.465 e. The van der Waals surface area contributed by atoms with E-state index in [1.165, 1.54) is 0 Å². The summed E-state index contributed by atoms with van der Waals surface area (Å²) in [5.74, 6) is -3.22. The standard InChI is InChI=1S/C10H17F2NO2/c1-2-15-9(14)8(13)7-3-5-10(11,12)6-4-7/h7-8H,2-6,13H2,1H3/t8-/m1/s1. The molecule has 5 heteroatoms. The molecule has 0 radical (unpaired) electrons. The van der Waals surface area contributed by atoms with E-state index < -0.39 is 17.9 Å². The predicted molar refractivity (Wildman–Crippen MR) is 51.5 cm³/mol. The van der Waals surface area contributed by atoms with Crippen molar-refractivity contribution in [2.45, 2.75) is 44.6 Å². The number of halogens is 2. The van der Waals surface area contributed by atoms with E-state index in [-0.39, 0.29) is 25.4 Å². The highest BCUT2D eigenvalue weighted by Gasteiger charge is 2.38. The van der Waals surface area contributed by atoms with Gasteiger partial charge in [0.25, 0.3) is 0 Å². The highest BCUT2D eigenvalue weighted by atomic mass is 19.3. The van der Waals surface area contributed by atoms with Crippen LogP contribution in [0.3, 0.4) is 0 Å². The fraction of sp³-hybridized carbons (Fsp3) is 0.900. The second-order valence-electron chi connectivity index (χ2n) is 3.97. The van der Waals surface area contributed by atoms with Crippen molar-refractivity contribution in [1.82, 2.24) is 0 Å². The topological polar surface area (TPSA) is 52.3 Å². The number of nitrogens with two attached hydrogens (primary N) is 1. The molecule has 1 saturated carbocycles. The van der Waals surface area contributed by atoms with Gasteiger partial charge in [-0.3, -0.25) is 4.79 Å². The molecule has 2 N–H and O–H groups in total. The molecule has 1 fully saturated rings. The highest BCUT2D eigenvalue weighted by molar-refractivity contribution is 5.75. The van der Waals surface area contributed by atoms with E-state index in [2.05, 4.69) is 0 Å². The molecule has 15 heavy (non-hydrogen) atoms. The lowest BCUT2D eigenvalue weighted by Gasteiger charge is -2.30. The molecular formula is C10H17F2NO2. The Balaban J connectivity index is 2.42. The molecule has 0 aromatic heterocycles. The minimum atomic E-state index is -2.58. The molecule has 0 aromatic rings. The highest BCUT2D eigenvalue weighted by Crippen LogP contribution is 2.37. The molecular weight excluding hydrogens is 204 g/mol. The van der Waals surface area contributed by atoms with Gasteiger partial charge < -0.3 is 10.5 Å². The predicted octanol–water partition coefficient (Wildman–Crippen LogP) is 1.70. The van der Waals surface area contributed by atoms with Gasteiger partial charge in [0.15, 0.2) is 0 Å². The number of alkyl halides is 2. The second kappa shape index (κ2) is 4.88. The number of ether oxygens (including phenoxy) is 1. The molecule has 1 aliphatic carbocycles. The molecule has 0 amide bonds. The van der Waals surface area contributed by atoms with Crippen LogP contribution in [0.1, 0.15) is 32.6 Å². The quantitative estimate of drug-likeness (QED) is 0.738. The molecule has 1 atom stereocenters. The summed E-state index contributed by atoms with van der Waals surface area (Å²) in [4.78, 5) is 11.3. The number of hydrogen-bond donors (Lipinski definition) is 1. The SMILES string of the molecule is CCOC(=O)[C@H](N)C1CCC(F)(F)CC1. The van der Waals surface area contributed by atoms with Crippen LogP contribution in [-0.2, 0) is 9.53 Å². The van der Waals surface area contributed by atoms with E-state index in [1.807, 2.05) is 0 Å². The van der Waals surface area contributed by atoms with Crippen LogP contribution in [0.25, 0.3) is 0 Å². The van der Waals surface area contributed by atoms with Gasteiger partial charge in [0.05, 0.1) is 6.61 Å². The Morgan fingerprint density at radius 3 is 2.53 bits per heavy atom. The monoisotopic (exact) mass is 221 g/mol. The first-order chi connectivity index (χ1) is 6.96. The first-order valence-electron chi connectivity index (χ1n) is 5.26. The Labute approximate surface area is 88.0 Å². The average Bonchev–Trinajstić information content (AvgIpc) is 2.17. The smallest absolute Gasteiger partial charge is 0.323 e. The van der Waals surface area contributed by atoms with E-state index in [9.17, 15) is 13.6 Å². The summed E-state index contributed by atoms with van der Waals surface area (Å²) in [7, 11) is 0. The van der Waals surface area contributed by atoms with Crippen molar-refractivity contribution in [2.75, 3.05) is 6.61 Å². The van der Waals surface area contributed by atoms with Gasteiger partial charge in [-0.1, -0.05) is 0 Å². The van der Waals surface area contributed by atoms with E-state index in [0.717, 1.165) is 0 Å². The van der Waals surface area contributed by atoms with Crippen molar-refractivity contribution in [3.63, 3.8) is 0 Å². The van der Waals surface area contributed by atoms with Crippen LogP contribution < -0.4 is 5.73 Å². The summed E-state index contributed by atoms with van der Waals surface area (Å²) < 4.78 is 30.4. The fourth-order valence-corrected chi connectivity index (χ4v) is 1.85. The molecule has 3 nitrogen and oxygen atoms in total. The maximum absolute atomic E-state index is 12.8. The summed E-state index contributed by atoms with van der Waals surface area (Å²) in [6.07, 6.45) is 0.246. The third-order valence-corrected chi connectivity index (χ3v) is 2.83. The van der Waals surface area contributed by atoms with Crippen LogP contribution in [0.4, 0.5) is 8.78 Å². The first kappa shape index (κ1) is 12.4. The zero-order chi connectivity index (χ0) is 11.5. The largest absolute Gasteiger partial charge is 0.465 e. The van der Waals surface area contributed by atoms with Gasteiger partial charge in [-0.05, 0) is 25.7 Å². The molecule has 0 spiro atoms. The van der Waals surface area contributed by atoms with Crippen molar-refractivity contribution in [2.24, 2.45) is 11.7 Å². The Hall–Kier alpha value is -0.710. The molecule has 0 bridgehead atoms. The number of esters is 1. The lowest BCUT2D eigenvalue weighted by molar-refractivity contribution is -0.147. The molecule has 0 aromatic carbocycles. The molecule has 88 valence electrons. The normalized spacial score (nSPS) is 23.5. The Kier molecular flexibility index (Phi) is 4.02. The lowest BCUT2D eigenvalue weighted by atomic mass is 9.82. The van der Waals surface area contributed by atoms with Crippen LogP contribution >= 0.6 is 0 Å². The number of hydrogen-bond acceptors (Lipinski definition) is 3. The summed E-state index contributed by atoms with van der Waals surface area (Å²) >= 11 is 0. The van der Waals surface area contributed by atoms with Gasteiger partial charge >= 0.3 is 5.97 Å². The van der Waals surface area contributed by atoms with Crippen molar-refractivity contribution < 1.29 is 18.3 Å². The average molecular weight is 221 g/mol. The number of rotatable bonds is 3. The maximum atomic E-state index is 12.8. The maximum Gasteiger partial charge on any atom is 0.323 e. The fourth-order valence-electron chi connectivity index (χ4n) is 1.85. The first-order valence-corrected chi connectivity index (χ1v) is 5.26. The summed E-state index contributed by atoms with van der Waals surface area (Å²) in [6.45, 7) is 1.97. The van der Waals surface area contributed by atoms with Crippen molar-refractivity contribution in [3.05, 3.63) is 0 Å². The van der Waals surface area contributed by atoms with Crippen molar-refractivity contribution in [3.8, 4) is 0 Å². The third-order valence-electron chi connectivity index (χ3n) is 2.83. The summed E-state index contributed by atoms with van der Waals surface area (Å²) in [5.41, 5.74) is 5.65. The van der Waals surface area contributed by atoms with Crippen LogP contribution in [0.15, 0.2) is 0 Å². The summed E-state index contributed by atoms with van der Waals surface area (Å²) in [5, 5.41) is 0. The van der Waals surface area contributed by atoms with Gasteiger partial charge in [0.2, 0.25) is 5.92 Å². The molecule has 0 heterocycles. The number of carbonyl (C=O) groups is 1. The van der Waals surface area contributed by atoms with Gasteiger partial charge in [0.1, 0.15) is 6.04 Å². The molecule has 0 saturated heterocycles. The second-order valence-corrected chi connectivity index (χ2v) is 3.97. The van der Waals surface area contributed by atoms with Crippen molar-refractivity contribution >= 4 is 5.97 Å². The van der Waals surface area contributed by atoms with Gasteiger partial charge in [0, 0.05) is 12.8 Å². The van der Waals surface area contributed by atoms with E-state index in [4.69, 9.17) is 10.5 Å². The molecule has 0 unspecified atom stereocenters. The third kappa shape index (κ3) is 3.41. The number of carbonyl (C=O) groups excluding carboxylic acids is 1. The zero-order valence-electron chi connectivity index (χ0n) is 8.84. The Morgan fingerprint density at radius 1 is 1.53 bits per heavy atom. The van der Waals surface area contributed by atoms with Crippen LogP contribution in [-0.4, -0.2) is 24.5 Å². The van der Waals surface area contributed by atoms with E-state index in [1.54, 1.807) is 6.92 Å². The van der Waals surface area contributed by atoms with Crippen LogP contribution in [0, 0.1) is 5.92 Å². The van der Waals surface area contributed by atoms with Gasteiger partial charge in [-0.25, -0.2) is 8.78 Å². The lowest BCUT2D eigenvalue weighted by Crippen LogP contribution is -2.42. The zero-order valence-corrected chi connectivity index (χ0v) is 8.84. The molecule has 1 aliphatic rings. The van der Waals surface area contributed by atoms with Crippen LogP contribution in [0.2, 0.25) is 0 Å². The van der Waals surface area contributed by atoms with E-state index in [0.29, 0.717) is 12.8 Å². The molecule has 1 rings (SSSR count). The minimum absolute atomic E-state index is 0.163. The van der Waals surface area contributed by atoms with Crippen LogP contribution in [0.5, 0.6) is 0 Å². The Bertz CT molecular complexity index is 223. The Morgan fingerprint density at radius 2 is 2.07 bits per heavy atom.